The minimum absolute atomic E-state index is 0.160. The molecule has 2 amide bonds. The monoisotopic (exact) mass is 436 g/mol. The molecule has 4 heterocycles. The largest absolute Gasteiger partial charge is 0.487 e. The summed E-state index contributed by atoms with van der Waals surface area (Å²) in [7, 11) is 0. The summed E-state index contributed by atoms with van der Waals surface area (Å²) in [5.41, 5.74) is 0.848. The van der Waals surface area contributed by atoms with Crippen LogP contribution in [0.4, 0.5) is 0 Å². The predicted molar refractivity (Wildman–Crippen MR) is 112 cm³/mol. The van der Waals surface area contributed by atoms with Crippen LogP contribution in [-0.4, -0.2) is 61.4 Å². The number of rotatable bonds is 7. The molecule has 1 aliphatic carbocycles. The van der Waals surface area contributed by atoms with Crippen LogP contribution in [0.1, 0.15) is 41.1 Å². The Morgan fingerprint density at radius 1 is 1.28 bits per heavy atom. The molecule has 32 heavy (non-hydrogen) atoms. The molecule has 3 aromatic rings. The summed E-state index contributed by atoms with van der Waals surface area (Å²) in [5.74, 6) is 0.638. The number of aromatic nitrogens is 4. The summed E-state index contributed by atoms with van der Waals surface area (Å²) in [6.07, 6.45) is 8.76. The number of hydrogen-bond donors (Lipinski definition) is 1. The highest BCUT2D eigenvalue weighted by molar-refractivity contribution is 5.97. The first-order valence-electron chi connectivity index (χ1n) is 10.7. The Bertz CT molecular complexity index is 1090. The topological polar surface area (TPSA) is 115 Å². The molecule has 1 saturated heterocycles. The molecule has 2 aliphatic rings. The Morgan fingerprint density at radius 2 is 2.16 bits per heavy atom. The second kappa shape index (κ2) is 8.45. The van der Waals surface area contributed by atoms with Gasteiger partial charge >= 0.3 is 0 Å². The van der Waals surface area contributed by atoms with Crippen molar-refractivity contribution < 1.29 is 18.8 Å². The van der Waals surface area contributed by atoms with Crippen LogP contribution >= 0.6 is 0 Å². The van der Waals surface area contributed by atoms with Crippen molar-refractivity contribution in [3.63, 3.8) is 0 Å². The van der Waals surface area contributed by atoms with Gasteiger partial charge in [-0.15, -0.1) is 0 Å². The molecule has 10 nitrogen and oxygen atoms in total. The van der Waals surface area contributed by atoms with Gasteiger partial charge in [-0.3, -0.25) is 19.3 Å². The number of hydrogen-bond acceptors (Lipinski definition) is 7. The lowest BCUT2D eigenvalue weighted by Crippen LogP contribution is -2.46. The quantitative estimate of drug-likeness (QED) is 0.598. The predicted octanol–water partition coefficient (Wildman–Crippen LogP) is 1.56. The molecule has 2 fully saturated rings. The van der Waals surface area contributed by atoms with Crippen LogP contribution in [-0.2, 0) is 11.3 Å². The van der Waals surface area contributed by atoms with Crippen molar-refractivity contribution in [2.75, 3.05) is 6.54 Å². The zero-order valence-electron chi connectivity index (χ0n) is 17.7. The second-order valence-corrected chi connectivity index (χ2v) is 8.19. The summed E-state index contributed by atoms with van der Waals surface area (Å²) in [6, 6.07) is 4.95. The van der Waals surface area contributed by atoms with Gasteiger partial charge in [0, 0.05) is 36.6 Å². The van der Waals surface area contributed by atoms with Crippen molar-refractivity contribution in [3.8, 4) is 5.75 Å². The van der Waals surface area contributed by atoms with Crippen LogP contribution in [0.2, 0.25) is 0 Å². The highest BCUT2D eigenvalue weighted by atomic mass is 16.5. The molecule has 5 rings (SSSR count). The van der Waals surface area contributed by atoms with Crippen molar-refractivity contribution in [3.05, 3.63) is 60.0 Å². The van der Waals surface area contributed by atoms with E-state index < -0.39 is 6.04 Å². The van der Waals surface area contributed by atoms with Gasteiger partial charge in [-0.25, -0.2) is 0 Å². The van der Waals surface area contributed by atoms with Crippen LogP contribution in [0.15, 0.2) is 47.5 Å². The maximum absolute atomic E-state index is 13.5. The van der Waals surface area contributed by atoms with E-state index in [1.807, 2.05) is 6.07 Å². The van der Waals surface area contributed by atoms with Gasteiger partial charge in [-0.2, -0.15) is 5.10 Å². The van der Waals surface area contributed by atoms with Crippen LogP contribution in [0.5, 0.6) is 5.75 Å². The van der Waals surface area contributed by atoms with E-state index >= 15 is 0 Å². The summed E-state index contributed by atoms with van der Waals surface area (Å²) < 4.78 is 13.1. The standard InChI is InChI=1S/C22H24N6O4/c1-14-18(13-27-9-3-8-24-27)20(26-32-14)22(30)28-12-17(31-16-4-2-7-23-11-16)10-19(28)21(29)25-15-5-6-15/h2-4,7-9,11,15,17,19H,5-6,10,12-13H2,1H3,(H,25,29)/t17-,19-/m0/s1. The third-order valence-corrected chi connectivity index (χ3v) is 5.75. The Hall–Kier alpha value is -3.69. The summed E-state index contributed by atoms with van der Waals surface area (Å²) >= 11 is 0. The van der Waals surface area contributed by atoms with E-state index in [2.05, 4.69) is 20.6 Å². The van der Waals surface area contributed by atoms with Gasteiger partial charge in [0.25, 0.3) is 5.91 Å². The van der Waals surface area contributed by atoms with Crippen molar-refractivity contribution in [2.24, 2.45) is 0 Å². The SMILES string of the molecule is Cc1onc(C(=O)N2C[C@@H](Oc3cccnc3)C[C@H]2C(=O)NC2CC2)c1Cn1cccn1. The first-order chi connectivity index (χ1) is 15.6. The van der Waals surface area contributed by atoms with E-state index in [-0.39, 0.29) is 36.2 Å². The van der Waals surface area contributed by atoms with Gasteiger partial charge in [-0.05, 0) is 38.0 Å². The molecular weight excluding hydrogens is 412 g/mol. The average Bonchev–Trinajstić information content (AvgIpc) is 3.16. The summed E-state index contributed by atoms with van der Waals surface area (Å²) in [4.78, 5) is 32.1. The van der Waals surface area contributed by atoms with Crippen molar-refractivity contribution >= 4 is 11.8 Å². The van der Waals surface area contributed by atoms with E-state index in [1.165, 1.54) is 0 Å². The fourth-order valence-corrected chi connectivity index (χ4v) is 3.93. The third kappa shape index (κ3) is 4.20. The zero-order valence-corrected chi connectivity index (χ0v) is 17.7. The molecule has 1 N–H and O–H groups in total. The smallest absolute Gasteiger partial charge is 0.277 e. The molecule has 0 radical (unpaired) electrons. The Morgan fingerprint density at radius 3 is 2.88 bits per heavy atom. The van der Waals surface area contributed by atoms with E-state index in [0.29, 0.717) is 30.0 Å². The molecule has 1 saturated carbocycles. The molecule has 3 aromatic heterocycles. The average molecular weight is 436 g/mol. The first kappa shape index (κ1) is 20.2. The number of pyridine rings is 1. The number of aryl methyl sites for hydroxylation is 1. The van der Waals surface area contributed by atoms with Crippen molar-refractivity contribution in [1.29, 1.82) is 0 Å². The van der Waals surface area contributed by atoms with Crippen LogP contribution in [0.25, 0.3) is 0 Å². The first-order valence-corrected chi connectivity index (χ1v) is 10.7. The highest BCUT2D eigenvalue weighted by Crippen LogP contribution is 2.28. The summed E-state index contributed by atoms with van der Waals surface area (Å²) in [6.45, 7) is 2.38. The van der Waals surface area contributed by atoms with Gasteiger partial charge in [0.05, 0.1) is 19.3 Å². The Labute approximate surface area is 184 Å². The lowest BCUT2D eigenvalue weighted by atomic mass is 10.1. The molecule has 0 bridgehead atoms. The van der Waals surface area contributed by atoms with Crippen molar-refractivity contribution in [1.82, 2.24) is 30.1 Å². The maximum Gasteiger partial charge on any atom is 0.277 e. The minimum Gasteiger partial charge on any atom is -0.487 e. The number of nitrogens with zero attached hydrogens (tertiary/aromatic N) is 5. The fourth-order valence-electron chi connectivity index (χ4n) is 3.93. The highest BCUT2D eigenvalue weighted by Gasteiger charge is 2.43. The van der Waals surface area contributed by atoms with E-state index in [1.54, 1.807) is 53.4 Å². The van der Waals surface area contributed by atoms with Crippen LogP contribution in [0, 0.1) is 6.92 Å². The number of ether oxygens (including phenoxy) is 1. The molecule has 166 valence electrons. The minimum atomic E-state index is -0.640. The number of carbonyl (C=O) groups is 2. The molecule has 10 heteroatoms. The molecule has 2 atom stereocenters. The summed E-state index contributed by atoms with van der Waals surface area (Å²) in [5, 5.41) is 11.2. The number of likely N-dealkylation sites (tertiary alicyclic amines) is 1. The zero-order chi connectivity index (χ0) is 22.1. The molecule has 0 spiro atoms. The molecule has 0 aromatic carbocycles. The Kier molecular flexibility index (Phi) is 5.34. The third-order valence-electron chi connectivity index (χ3n) is 5.75. The van der Waals surface area contributed by atoms with Crippen LogP contribution in [0.3, 0.4) is 0 Å². The van der Waals surface area contributed by atoms with Gasteiger partial charge < -0.3 is 19.5 Å². The van der Waals surface area contributed by atoms with Gasteiger partial charge in [0.1, 0.15) is 23.7 Å². The van der Waals surface area contributed by atoms with Crippen molar-refractivity contribution in [2.45, 2.75) is 50.9 Å². The number of amides is 2. The molecule has 0 unspecified atom stereocenters. The van der Waals surface area contributed by atoms with Gasteiger partial charge in [0.2, 0.25) is 5.91 Å². The molecule has 1 aliphatic heterocycles. The van der Waals surface area contributed by atoms with E-state index in [0.717, 1.165) is 12.8 Å². The number of carbonyl (C=O) groups excluding carboxylic acids is 2. The maximum atomic E-state index is 13.5. The van der Waals surface area contributed by atoms with Gasteiger partial charge in [0.15, 0.2) is 5.69 Å². The van der Waals surface area contributed by atoms with Gasteiger partial charge in [-0.1, -0.05) is 5.16 Å². The van der Waals surface area contributed by atoms with E-state index in [9.17, 15) is 9.59 Å². The fraction of sp³-hybridized carbons (Fsp3) is 0.409. The number of nitrogens with one attached hydrogen (secondary N) is 1. The normalized spacial score (nSPS) is 20.3. The van der Waals surface area contributed by atoms with Crippen LogP contribution < -0.4 is 10.1 Å². The lowest BCUT2D eigenvalue weighted by molar-refractivity contribution is -0.125. The van der Waals surface area contributed by atoms with E-state index in [4.69, 9.17) is 9.26 Å². The second-order valence-electron chi connectivity index (χ2n) is 8.19. The Balaban J connectivity index is 1.39. The molecular formula is C22H24N6O4. The lowest BCUT2D eigenvalue weighted by Gasteiger charge is -2.23.